The highest BCUT2D eigenvalue weighted by Crippen LogP contribution is 2.24. The number of morpholine rings is 1. The van der Waals surface area contributed by atoms with Crippen LogP contribution < -0.4 is 10.6 Å². The Hall–Kier alpha value is -3.56. The molecule has 3 aromatic heterocycles. The molecule has 1 aromatic carbocycles. The number of pyridine rings is 1. The number of benzene rings is 1. The molecule has 0 N–H and O–H groups in total. The monoisotopic (exact) mass is 462 g/mol. The van der Waals surface area contributed by atoms with Crippen LogP contribution in [0.15, 0.2) is 43.1 Å². The fourth-order valence-electron chi connectivity index (χ4n) is 4.17. The highest BCUT2D eigenvalue weighted by atomic mass is 19.1. The van der Waals surface area contributed by atoms with Crippen LogP contribution in [0.4, 0.5) is 8.78 Å². The molecule has 174 valence electrons. The van der Waals surface area contributed by atoms with Crippen LogP contribution in [0.2, 0.25) is 0 Å². The minimum Gasteiger partial charge on any atom is -0.379 e. The van der Waals surface area contributed by atoms with E-state index in [1.807, 2.05) is 31.2 Å². The first-order chi connectivity index (χ1) is 16.6. The maximum Gasteiger partial charge on any atom is 0.155 e. The molecule has 1 aliphatic rings. The molecule has 0 atom stereocenters. The zero-order chi connectivity index (χ0) is 23.5. The number of aromatic nitrogens is 5. The number of nitrogens with zero attached hydrogens (tertiary/aromatic N) is 6. The summed E-state index contributed by atoms with van der Waals surface area (Å²) in [6.45, 7) is 5.71. The Morgan fingerprint density at radius 1 is 1.03 bits per heavy atom. The summed E-state index contributed by atoms with van der Waals surface area (Å²) in [6, 6.07) is 6.14. The lowest BCUT2D eigenvalue weighted by molar-refractivity contribution is 0.0449. The second-order valence-electron chi connectivity index (χ2n) is 8.13. The van der Waals surface area contributed by atoms with Crippen LogP contribution in [0.25, 0.3) is 29.1 Å². The SMILES string of the molecule is C/C=c1/c(-c2cc(Cc3ccc4ncnn4c3)c(F)cc2F)ncn/c1=C/CN1CCOCC1. The molecule has 7 nitrogen and oxygen atoms in total. The standard InChI is InChI=1S/C25H24F2N6O/c1-2-19-23(5-6-32-7-9-34-10-8-32)28-15-30-25(19)20-12-18(21(26)13-22(20)27)11-17-3-4-24-29-16-31-33(24)14-17/h2-5,12-16H,6-11H2,1H3/b19-2+,23-5+. The van der Waals surface area contributed by atoms with Gasteiger partial charge >= 0.3 is 0 Å². The Balaban J connectivity index is 1.51. The molecular formula is C25H24F2N6O. The second kappa shape index (κ2) is 9.74. The Kier molecular flexibility index (Phi) is 6.37. The third-order valence-corrected chi connectivity index (χ3v) is 5.97. The first-order valence-electron chi connectivity index (χ1n) is 11.2. The van der Waals surface area contributed by atoms with Crippen molar-refractivity contribution in [3.05, 3.63) is 76.4 Å². The van der Waals surface area contributed by atoms with Gasteiger partial charge in [-0.05, 0) is 36.3 Å². The number of halogens is 2. The molecule has 0 unspecified atom stereocenters. The molecular weight excluding hydrogens is 438 g/mol. The number of hydrogen-bond donors (Lipinski definition) is 0. The van der Waals surface area contributed by atoms with Gasteiger partial charge in [-0.15, -0.1) is 0 Å². The molecule has 9 heteroatoms. The number of hydrogen-bond acceptors (Lipinski definition) is 6. The fourth-order valence-corrected chi connectivity index (χ4v) is 4.17. The van der Waals surface area contributed by atoms with Gasteiger partial charge in [0, 0.05) is 49.1 Å². The number of fused-ring (bicyclic) bond motifs is 1. The highest BCUT2D eigenvalue weighted by Gasteiger charge is 2.15. The van der Waals surface area contributed by atoms with Gasteiger partial charge in [-0.25, -0.2) is 28.2 Å². The summed E-state index contributed by atoms with van der Waals surface area (Å²) in [6.07, 6.45) is 8.83. The number of ether oxygens (including phenoxy) is 1. The van der Waals surface area contributed by atoms with Gasteiger partial charge in [-0.2, -0.15) is 5.10 Å². The van der Waals surface area contributed by atoms with Crippen molar-refractivity contribution in [1.29, 1.82) is 0 Å². The quantitative estimate of drug-likeness (QED) is 0.452. The number of rotatable bonds is 5. The van der Waals surface area contributed by atoms with E-state index in [-0.39, 0.29) is 12.0 Å². The Bertz CT molecular complexity index is 1450. The van der Waals surface area contributed by atoms with Gasteiger partial charge in [0.2, 0.25) is 0 Å². The summed E-state index contributed by atoms with van der Waals surface area (Å²) >= 11 is 0. The topological polar surface area (TPSA) is 68.4 Å². The zero-order valence-electron chi connectivity index (χ0n) is 18.8. The van der Waals surface area contributed by atoms with E-state index in [2.05, 4.69) is 25.0 Å². The van der Waals surface area contributed by atoms with Crippen molar-refractivity contribution in [3.8, 4) is 11.3 Å². The van der Waals surface area contributed by atoms with Gasteiger partial charge in [0.05, 0.1) is 24.3 Å². The molecule has 1 fully saturated rings. The van der Waals surface area contributed by atoms with Crippen molar-refractivity contribution in [2.75, 3.05) is 32.8 Å². The average Bonchev–Trinajstić information content (AvgIpc) is 3.33. The van der Waals surface area contributed by atoms with Crippen molar-refractivity contribution in [3.63, 3.8) is 0 Å². The Labute approximate surface area is 195 Å². The van der Waals surface area contributed by atoms with Gasteiger partial charge < -0.3 is 4.74 Å². The molecule has 1 aliphatic heterocycles. The van der Waals surface area contributed by atoms with Crippen molar-refractivity contribution >= 4 is 17.8 Å². The first kappa shape index (κ1) is 22.2. The van der Waals surface area contributed by atoms with E-state index in [4.69, 9.17) is 4.74 Å². The van der Waals surface area contributed by atoms with Crippen LogP contribution in [0.5, 0.6) is 0 Å². The molecule has 0 saturated carbocycles. The lowest BCUT2D eigenvalue weighted by atomic mass is 10.00. The summed E-state index contributed by atoms with van der Waals surface area (Å²) in [5.41, 5.74) is 2.59. The predicted octanol–water partition coefficient (Wildman–Crippen LogP) is 1.97. The van der Waals surface area contributed by atoms with E-state index < -0.39 is 11.6 Å². The van der Waals surface area contributed by atoms with Crippen LogP contribution in [0.3, 0.4) is 0 Å². The minimum absolute atomic E-state index is 0.245. The van der Waals surface area contributed by atoms with Gasteiger partial charge in [-0.3, -0.25) is 4.90 Å². The summed E-state index contributed by atoms with van der Waals surface area (Å²) in [7, 11) is 0. The first-order valence-corrected chi connectivity index (χ1v) is 11.2. The highest BCUT2D eigenvalue weighted by molar-refractivity contribution is 5.63. The molecule has 4 aromatic rings. The lowest BCUT2D eigenvalue weighted by Gasteiger charge is -2.25. The van der Waals surface area contributed by atoms with E-state index in [0.29, 0.717) is 36.7 Å². The second-order valence-corrected chi connectivity index (χ2v) is 8.13. The van der Waals surface area contributed by atoms with E-state index >= 15 is 0 Å². The third kappa shape index (κ3) is 4.57. The molecule has 0 amide bonds. The van der Waals surface area contributed by atoms with E-state index in [1.165, 1.54) is 18.7 Å². The van der Waals surface area contributed by atoms with Crippen LogP contribution >= 0.6 is 0 Å². The zero-order valence-corrected chi connectivity index (χ0v) is 18.8. The van der Waals surface area contributed by atoms with Crippen LogP contribution in [0.1, 0.15) is 18.1 Å². The van der Waals surface area contributed by atoms with Gasteiger partial charge in [0.1, 0.15) is 24.3 Å². The molecule has 5 rings (SSSR count). The van der Waals surface area contributed by atoms with Gasteiger partial charge in [0.15, 0.2) is 5.65 Å². The van der Waals surface area contributed by atoms with E-state index in [1.54, 1.807) is 10.7 Å². The normalized spacial score (nSPS) is 16.0. The van der Waals surface area contributed by atoms with Crippen molar-refractivity contribution in [2.45, 2.75) is 13.3 Å². The molecule has 0 radical (unpaired) electrons. The molecule has 34 heavy (non-hydrogen) atoms. The maximum absolute atomic E-state index is 15.0. The Morgan fingerprint density at radius 3 is 2.71 bits per heavy atom. The largest absolute Gasteiger partial charge is 0.379 e. The summed E-state index contributed by atoms with van der Waals surface area (Å²) in [5.74, 6) is -1.26. The lowest BCUT2D eigenvalue weighted by Crippen LogP contribution is -2.38. The van der Waals surface area contributed by atoms with Crippen molar-refractivity contribution < 1.29 is 13.5 Å². The predicted molar refractivity (Wildman–Crippen MR) is 124 cm³/mol. The van der Waals surface area contributed by atoms with E-state index in [9.17, 15) is 8.78 Å². The molecule has 1 saturated heterocycles. The van der Waals surface area contributed by atoms with Crippen molar-refractivity contribution in [1.82, 2.24) is 29.5 Å². The molecule has 0 aliphatic carbocycles. The summed E-state index contributed by atoms with van der Waals surface area (Å²) in [4.78, 5) is 15.2. The van der Waals surface area contributed by atoms with E-state index in [0.717, 1.165) is 35.3 Å². The van der Waals surface area contributed by atoms with Crippen LogP contribution in [-0.4, -0.2) is 62.3 Å². The van der Waals surface area contributed by atoms with Crippen LogP contribution in [-0.2, 0) is 11.2 Å². The third-order valence-electron chi connectivity index (χ3n) is 5.97. The average molecular weight is 463 g/mol. The van der Waals surface area contributed by atoms with Crippen molar-refractivity contribution in [2.24, 2.45) is 0 Å². The van der Waals surface area contributed by atoms with Crippen LogP contribution in [0, 0.1) is 11.6 Å². The summed E-state index contributed by atoms with van der Waals surface area (Å²) in [5, 5.41) is 5.56. The summed E-state index contributed by atoms with van der Waals surface area (Å²) < 4.78 is 36.7. The van der Waals surface area contributed by atoms with Gasteiger partial charge in [0.25, 0.3) is 0 Å². The minimum atomic E-state index is -0.658. The maximum atomic E-state index is 15.0. The smallest absolute Gasteiger partial charge is 0.155 e. The Morgan fingerprint density at radius 2 is 1.88 bits per heavy atom. The molecule has 0 bridgehead atoms. The molecule has 4 heterocycles. The molecule has 0 spiro atoms. The van der Waals surface area contributed by atoms with Gasteiger partial charge in [-0.1, -0.05) is 12.1 Å². The fraction of sp³-hybridized carbons (Fsp3) is 0.280.